The molecule has 0 aromatic carbocycles. The Kier molecular flexibility index (Phi) is 4.90. The normalized spacial score (nSPS) is 13.2. The Balaban J connectivity index is 2.56. The van der Waals surface area contributed by atoms with Crippen LogP contribution in [0.25, 0.3) is 0 Å². The summed E-state index contributed by atoms with van der Waals surface area (Å²) in [5.74, 6) is 0. The molecule has 0 aliphatic rings. The van der Waals surface area contributed by atoms with E-state index in [4.69, 9.17) is 10.8 Å². The topological polar surface area (TPSA) is 58.3 Å². The van der Waals surface area contributed by atoms with E-state index < -0.39 is 0 Å². The van der Waals surface area contributed by atoms with Crippen molar-refractivity contribution in [2.75, 3.05) is 19.7 Å². The summed E-state index contributed by atoms with van der Waals surface area (Å²) in [7, 11) is 0. The molecule has 0 spiro atoms. The van der Waals surface area contributed by atoms with E-state index >= 15 is 0 Å². The van der Waals surface area contributed by atoms with Gasteiger partial charge in [-0.1, -0.05) is 0 Å². The number of nitrogens with one attached hydrogen (secondary N) is 1. The molecule has 1 aromatic heterocycles. The van der Waals surface area contributed by atoms with Crippen LogP contribution in [0.4, 0.5) is 0 Å². The molecule has 4 N–H and O–H groups in total. The van der Waals surface area contributed by atoms with Crippen molar-refractivity contribution in [2.45, 2.75) is 6.04 Å². The summed E-state index contributed by atoms with van der Waals surface area (Å²) >= 11 is 5.06. The molecule has 1 unspecified atom stereocenters. The Bertz CT molecular complexity index is 254. The number of aliphatic hydroxyl groups is 1. The number of rotatable bonds is 5. The third-order valence-electron chi connectivity index (χ3n) is 1.68. The molecule has 1 heterocycles. The Labute approximate surface area is 90.1 Å². The number of nitrogens with two attached hydrogens (primary N) is 1. The minimum Gasteiger partial charge on any atom is -0.395 e. The fourth-order valence-electron chi connectivity index (χ4n) is 1.05. The highest BCUT2D eigenvalue weighted by atomic mass is 79.9. The van der Waals surface area contributed by atoms with E-state index in [1.807, 2.05) is 12.1 Å². The maximum atomic E-state index is 8.65. The van der Waals surface area contributed by atoms with Gasteiger partial charge in [-0.25, -0.2) is 0 Å². The van der Waals surface area contributed by atoms with Gasteiger partial charge in [-0.15, -0.1) is 11.3 Å². The maximum absolute atomic E-state index is 8.65. The van der Waals surface area contributed by atoms with Crippen LogP contribution in [0, 0.1) is 0 Å². The van der Waals surface area contributed by atoms with E-state index in [9.17, 15) is 0 Å². The summed E-state index contributed by atoms with van der Waals surface area (Å²) < 4.78 is 1.10. The number of aliphatic hydroxyl groups excluding tert-OH is 1. The fraction of sp³-hybridized carbons (Fsp3) is 0.500. The molecule has 3 nitrogen and oxygen atoms in total. The Morgan fingerprint density at radius 1 is 1.62 bits per heavy atom. The van der Waals surface area contributed by atoms with Crippen molar-refractivity contribution in [1.29, 1.82) is 0 Å². The predicted molar refractivity (Wildman–Crippen MR) is 58.9 cm³/mol. The van der Waals surface area contributed by atoms with E-state index in [2.05, 4.69) is 21.2 Å². The molecule has 0 bridgehead atoms. The second-order valence-electron chi connectivity index (χ2n) is 2.61. The monoisotopic (exact) mass is 264 g/mol. The second kappa shape index (κ2) is 5.72. The number of hydrogen-bond acceptors (Lipinski definition) is 4. The molecule has 0 saturated carbocycles. The number of hydrogen-bond donors (Lipinski definition) is 3. The molecule has 0 radical (unpaired) electrons. The molecule has 5 heteroatoms. The molecule has 1 aromatic rings. The van der Waals surface area contributed by atoms with E-state index in [0.717, 1.165) is 3.79 Å². The molecular weight excluding hydrogens is 252 g/mol. The molecule has 13 heavy (non-hydrogen) atoms. The van der Waals surface area contributed by atoms with Crippen molar-refractivity contribution in [3.8, 4) is 0 Å². The van der Waals surface area contributed by atoms with Crippen LogP contribution in [0.1, 0.15) is 10.9 Å². The molecule has 0 aliphatic carbocycles. The summed E-state index contributed by atoms with van der Waals surface area (Å²) in [5, 5.41) is 11.8. The van der Waals surface area contributed by atoms with Gasteiger partial charge in [0.1, 0.15) is 0 Å². The average molecular weight is 265 g/mol. The van der Waals surface area contributed by atoms with Crippen LogP contribution in [0.15, 0.2) is 15.9 Å². The fourth-order valence-corrected chi connectivity index (χ4v) is 2.57. The summed E-state index contributed by atoms with van der Waals surface area (Å²) in [6.07, 6.45) is 0. The van der Waals surface area contributed by atoms with Gasteiger partial charge >= 0.3 is 0 Å². The van der Waals surface area contributed by atoms with Crippen molar-refractivity contribution >= 4 is 27.3 Å². The van der Waals surface area contributed by atoms with Crippen LogP contribution in [0.5, 0.6) is 0 Å². The summed E-state index contributed by atoms with van der Waals surface area (Å²) in [5.41, 5.74) is 5.60. The van der Waals surface area contributed by atoms with Crippen LogP contribution in [-0.4, -0.2) is 24.8 Å². The predicted octanol–water partition coefficient (Wildman–Crippen LogP) is 1.09. The van der Waals surface area contributed by atoms with Crippen molar-refractivity contribution < 1.29 is 5.11 Å². The lowest BCUT2D eigenvalue weighted by Gasteiger charge is -2.13. The largest absolute Gasteiger partial charge is 0.395 e. The Morgan fingerprint density at radius 3 is 2.85 bits per heavy atom. The quantitative estimate of drug-likeness (QED) is 0.747. The molecule has 0 saturated heterocycles. The highest BCUT2D eigenvalue weighted by Gasteiger charge is 2.10. The third kappa shape index (κ3) is 3.36. The average Bonchev–Trinajstić information content (AvgIpc) is 2.54. The van der Waals surface area contributed by atoms with Crippen LogP contribution in [0.3, 0.4) is 0 Å². The smallest absolute Gasteiger partial charge is 0.0702 e. The summed E-state index contributed by atoms with van der Waals surface area (Å²) in [6, 6.07) is 4.20. The van der Waals surface area contributed by atoms with Gasteiger partial charge in [0.15, 0.2) is 0 Å². The molecule has 0 fully saturated rings. The zero-order valence-electron chi connectivity index (χ0n) is 7.16. The molecule has 1 rings (SSSR count). The maximum Gasteiger partial charge on any atom is 0.0702 e. The molecule has 0 aliphatic heterocycles. The highest BCUT2D eigenvalue weighted by Crippen LogP contribution is 2.26. The first-order chi connectivity index (χ1) is 6.27. The molecular formula is C8H13BrN2OS. The van der Waals surface area contributed by atoms with Crippen molar-refractivity contribution in [2.24, 2.45) is 5.73 Å². The molecule has 1 atom stereocenters. The number of thiophene rings is 1. The lowest BCUT2D eigenvalue weighted by atomic mass is 10.2. The first kappa shape index (κ1) is 11.1. The van der Waals surface area contributed by atoms with Gasteiger partial charge in [0, 0.05) is 18.0 Å². The number of halogens is 1. The molecule has 74 valence electrons. The van der Waals surface area contributed by atoms with Gasteiger partial charge in [-0.05, 0) is 28.1 Å². The van der Waals surface area contributed by atoms with Gasteiger partial charge in [0.25, 0.3) is 0 Å². The van der Waals surface area contributed by atoms with Gasteiger partial charge in [-0.3, -0.25) is 0 Å². The van der Waals surface area contributed by atoms with Crippen LogP contribution in [-0.2, 0) is 0 Å². The van der Waals surface area contributed by atoms with Crippen molar-refractivity contribution in [3.05, 3.63) is 20.8 Å². The highest BCUT2D eigenvalue weighted by molar-refractivity contribution is 9.11. The van der Waals surface area contributed by atoms with Gasteiger partial charge in [0.05, 0.1) is 16.4 Å². The van der Waals surface area contributed by atoms with E-state index in [-0.39, 0.29) is 12.6 Å². The van der Waals surface area contributed by atoms with E-state index in [1.165, 1.54) is 4.88 Å². The molecule has 0 amide bonds. The lowest BCUT2D eigenvalue weighted by Crippen LogP contribution is -2.29. The first-order valence-corrected chi connectivity index (χ1v) is 5.68. The van der Waals surface area contributed by atoms with Gasteiger partial charge in [-0.2, -0.15) is 0 Å². The van der Waals surface area contributed by atoms with Crippen molar-refractivity contribution in [3.63, 3.8) is 0 Å². The Hall–Kier alpha value is 0.0600. The zero-order chi connectivity index (χ0) is 9.68. The Morgan fingerprint density at radius 2 is 2.38 bits per heavy atom. The minimum atomic E-state index is 0.142. The van der Waals surface area contributed by atoms with Crippen molar-refractivity contribution in [1.82, 2.24) is 5.32 Å². The first-order valence-electron chi connectivity index (χ1n) is 4.07. The zero-order valence-corrected chi connectivity index (χ0v) is 9.57. The SMILES string of the molecule is NCC(NCCO)c1ccc(Br)s1. The van der Waals surface area contributed by atoms with Gasteiger partial charge < -0.3 is 16.2 Å². The van der Waals surface area contributed by atoms with E-state index in [0.29, 0.717) is 13.1 Å². The summed E-state index contributed by atoms with van der Waals surface area (Å²) in [4.78, 5) is 1.20. The second-order valence-corrected chi connectivity index (χ2v) is 5.10. The minimum absolute atomic E-state index is 0.142. The van der Waals surface area contributed by atoms with Crippen LogP contribution >= 0.6 is 27.3 Å². The van der Waals surface area contributed by atoms with E-state index in [1.54, 1.807) is 11.3 Å². The summed E-state index contributed by atoms with van der Waals surface area (Å²) in [6.45, 7) is 1.27. The third-order valence-corrected chi connectivity index (χ3v) is 3.41. The van der Waals surface area contributed by atoms with Gasteiger partial charge in [0.2, 0.25) is 0 Å². The standard InChI is InChI=1S/C8H13BrN2OS/c9-8-2-1-7(13-8)6(5-10)11-3-4-12/h1-2,6,11-12H,3-5,10H2. The lowest BCUT2D eigenvalue weighted by molar-refractivity contribution is 0.285. The van der Waals surface area contributed by atoms with Crippen LogP contribution in [0.2, 0.25) is 0 Å². The van der Waals surface area contributed by atoms with Crippen LogP contribution < -0.4 is 11.1 Å².